The monoisotopic (exact) mass is 193 g/mol. The first-order valence-corrected chi connectivity index (χ1v) is 4.58. The van der Waals surface area contributed by atoms with Crippen LogP contribution in [0.15, 0.2) is 24.4 Å². The molecular weight excluding hydrogens is 178 g/mol. The number of carbonyl (C=O) groups is 1. The molecule has 0 unspecified atom stereocenters. The second-order valence-corrected chi connectivity index (χ2v) is 3.27. The summed E-state index contributed by atoms with van der Waals surface area (Å²) in [6.07, 6.45) is 1.70. The molecular formula is C10H15N3O. The molecule has 2 atom stereocenters. The summed E-state index contributed by atoms with van der Waals surface area (Å²) in [5.41, 5.74) is 6.26. The van der Waals surface area contributed by atoms with E-state index in [0.29, 0.717) is 0 Å². The van der Waals surface area contributed by atoms with E-state index in [1.54, 1.807) is 13.1 Å². The third-order valence-corrected chi connectivity index (χ3v) is 1.90. The van der Waals surface area contributed by atoms with Crippen molar-refractivity contribution in [2.45, 2.75) is 25.9 Å². The van der Waals surface area contributed by atoms with Gasteiger partial charge in [0.15, 0.2) is 0 Å². The first-order valence-electron chi connectivity index (χ1n) is 4.58. The Bertz CT molecular complexity index is 297. The van der Waals surface area contributed by atoms with Crippen LogP contribution >= 0.6 is 0 Å². The summed E-state index contributed by atoms with van der Waals surface area (Å²) in [5.74, 6) is -0.164. The van der Waals surface area contributed by atoms with Crippen LogP contribution in [0.4, 0.5) is 0 Å². The highest BCUT2D eigenvalue weighted by Crippen LogP contribution is 2.07. The number of rotatable bonds is 3. The predicted octanol–water partition coefficient (Wildman–Crippen LogP) is 0.606. The fourth-order valence-electron chi connectivity index (χ4n) is 1.05. The molecule has 1 heterocycles. The van der Waals surface area contributed by atoms with Gasteiger partial charge in [0.1, 0.15) is 0 Å². The molecule has 0 radical (unpaired) electrons. The molecule has 0 saturated heterocycles. The quantitative estimate of drug-likeness (QED) is 0.739. The van der Waals surface area contributed by atoms with Crippen LogP contribution in [0.2, 0.25) is 0 Å². The van der Waals surface area contributed by atoms with Gasteiger partial charge >= 0.3 is 0 Å². The lowest BCUT2D eigenvalue weighted by atomic mass is 10.2. The molecule has 0 spiro atoms. The number of aromatic nitrogens is 1. The lowest BCUT2D eigenvalue weighted by Crippen LogP contribution is -2.39. The molecule has 14 heavy (non-hydrogen) atoms. The van der Waals surface area contributed by atoms with Crippen LogP contribution in [0, 0.1) is 0 Å². The maximum Gasteiger partial charge on any atom is 0.237 e. The van der Waals surface area contributed by atoms with Gasteiger partial charge < -0.3 is 11.1 Å². The number of nitrogens with zero attached hydrogens (tertiary/aromatic N) is 1. The van der Waals surface area contributed by atoms with E-state index in [9.17, 15) is 4.79 Å². The number of hydrogen-bond acceptors (Lipinski definition) is 3. The Morgan fingerprint density at radius 2 is 2.21 bits per heavy atom. The van der Waals surface area contributed by atoms with E-state index in [2.05, 4.69) is 10.3 Å². The van der Waals surface area contributed by atoms with Crippen LogP contribution in [0.25, 0.3) is 0 Å². The molecule has 0 fully saturated rings. The van der Waals surface area contributed by atoms with E-state index in [1.807, 2.05) is 25.1 Å². The van der Waals surface area contributed by atoms with Gasteiger partial charge in [-0.1, -0.05) is 6.07 Å². The van der Waals surface area contributed by atoms with Gasteiger partial charge in [-0.25, -0.2) is 0 Å². The van der Waals surface area contributed by atoms with Crippen molar-refractivity contribution in [2.24, 2.45) is 5.73 Å². The fourth-order valence-corrected chi connectivity index (χ4v) is 1.05. The normalized spacial score (nSPS) is 14.5. The molecule has 76 valence electrons. The number of nitrogens with one attached hydrogen (secondary N) is 1. The molecule has 0 aromatic carbocycles. The molecule has 0 saturated carbocycles. The summed E-state index contributed by atoms with van der Waals surface area (Å²) in [6, 6.07) is 5.00. The number of hydrogen-bond donors (Lipinski definition) is 2. The van der Waals surface area contributed by atoms with Gasteiger partial charge in [-0.3, -0.25) is 9.78 Å². The average molecular weight is 193 g/mol. The van der Waals surface area contributed by atoms with E-state index in [0.717, 1.165) is 5.69 Å². The molecule has 0 bridgehead atoms. The summed E-state index contributed by atoms with van der Waals surface area (Å²) in [7, 11) is 0. The summed E-state index contributed by atoms with van der Waals surface area (Å²) < 4.78 is 0. The van der Waals surface area contributed by atoms with Crippen LogP contribution in [-0.4, -0.2) is 16.9 Å². The second kappa shape index (κ2) is 4.72. The highest BCUT2D eigenvalue weighted by Gasteiger charge is 2.12. The zero-order valence-electron chi connectivity index (χ0n) is 8.40. The third kappa shape index (κ3) is 2.81. The van der Waals surface area contributed by atoms with Crippen molar-refractivity contribution < 1.29 is 4.79 Å². The van der Waals surface area contributed by atoms with Gasteiger partial charge in [0.25, 0.3) is 0 Å². The standard InChI is InChI=1S/C10H15N3O/c1-7(11)10(14)13-8(2)9-5-3-4-6-12-9/h3-8H,11H2,1-2H3,(H,13,14)/t7-,8+/m1/s1. The van der Waals surface area contributed by atoms with Gasteiger partial charge in [0, 0.05) is 6.20 Å². The van der Waals surface area contributed by atoms with Gasteiger partial charge in [0.05, 0.1) is 17.8 Å². The molecule has 4 heteroatoms. The van der Waals surface area contributed by atoms with Crippen molar-refractivity contribution in [1.29, 1.82) is 0 Å². The van der Waals surface area contributed by atoms with E-state index < -0.39 is 6.04 Å². The minimum atomic E-state index is -0.485. The Morgan fingerprint density at radius 3 is 2.71 bits per heavy atom. The SMILES string of the molecule is C[C@H](NC(=O)[C@@H](C)N)c1ccccn1. The zero-order chi connectivity index (χ0) is 10.6. The minimum Gasteiger partial charge on any atom is -0.347 e. The maximum absolute atomic E-state index is 11.3. The predicted molar refractivity (Wildman–Crippen MR) is 54.4 cm³/mol. The Kier molecular flexibility index (Phi) is 3.59. The van der Waals surface area contributed by atoms with Crippen molar-refractivity contribution in [3.05, 3.63) is 30.1 Å². The van der Waals surface area contributed by atoms with Crippen molar-refractivity contribution in [3.63, 3.8) is 0 Å². The third-order valence-electron chi connectivity index (χ3n) is 1.90. The van der Waals surface area contributed by atoms with E-state index in [4.69, 9.17) is 5.73 Å². The van der Waals surface area contributed by atoms with Crippen LogP contribution in [0.3, 0.4) is 0 Å². The number of nitrogens with two attached hydrogens (primary N) is 1. The van der Waals surface area contributed by atoms with Crippen LogP contribution in [-0.2, 0) is 4.79 Å². The highest BCUT2D eigenvalue weighted by molar-refractivity contribution is 5.81. The van der Waals surface area contributed by atoms with E-state index in [1.165, 1.54) is 0 Å². The van der Waals surface area contributed by atoms with Crippen molar-refractivity contribution in [2.75, 3.05) is 0 Å². The van der Waals surface area contributed by atoms with Gasteiger partial charge in [-0.15, -0.1) is 0 Å². The van der Waals surface area contributed by atoms with Crippen LogP contribution < -0.4 is 11.1 Å². The molecule has 1 aromatic heterocycles. The average Bonchev–Trinajstić information content (AvgIpc) is 2.19. The van der Waals surface area contributed by atoms with E-state index >= 15 is 0 Å². The number of amides is 1. The summed E-state index contributed by atoms with van der Waals surface area (Å²) in [6.45, 7) is 3.53. The first-order chi connectivity index (χ1) is 6.61. The Balaban J connectivity index is 2.59. The molecule has 1 aromatic rings. The van der Waals surface area contributed by atoms with Gasteiger partial charge in [0.2, 0.25) is 5.91 Å². The number of carbonyl (C=O) groups excluding carboxylic acids is 1. The van der Waals surface area contributed by atoms with Crippen LogP contribution in [0.5, 0.6) is 0 Å². The molecule has 3 N–H and O–H groups in total. The smallest absolute Gasteiger partial charge is 0.237 e. The Labute approximate surface area is 83.5 Å². The first kappa shape index (κ1) is 10.7. The minimum absolute atomic E-state index is 0.102. The number of pyridine rings is 1. The van der Waals surface area contributed by atoms with E-state index in [-0.39, 0.29) is 11.9 Å². The molecule has 4 nitrogen and oxygen atoms in total. The van der Waals surface area contributed by atoms with Crippen LogP contribution in [0.1, 0.15) is 25.6 Å². The lowest BCUT2D eigenvalue weighted by Gasteiger charge is -2.14. The van der Waals surface area contributed by atoms with Crippen molar-refractivity contribution in [3.8, 4) is 0 Å². The molecule has 1 amide bonds. The van der Waals surface area contributed by atoms with Gasteiger partial charge in [-0.2, -0.15) is 0 Å². The van der Waals surface area contributed by atoms with Crippen molar-refractivity contribution >= 4 is 5.91 Å². The second-order valence-electron chi connectivity index (χ2n) is 3.27. The largest absolute Gasteiger partial charge is 0.347 e. The summed E-state index contributed by atoms with van der Waals surface area (Å²) in [4.78, 5) is 15.4. The van der Waals surface area contributed by atoms with Crippen molar-refractivity contribution in [1.82, 2.24) is 10.3 Å². The molecule has 0 aliphatic heterocycles. The van der Waals surface area contributed by atoms with Gasteiger partial charge in [-0.05, 0) is 26.0 Å². The Hall–Kier alpha value is -1.42. The zero-order valence-corrected chi connectivity index (χ0v) is 8.40. The fraction of sp³-hybridized carbons (Fsp3) is 0.400. The topological polar surface area (TPSA) is 68.0 Å². The summed E-state index contributed by atoms with van der Waals surface area (Å²) in [5, 5.41) is 2.77. The summed E-state index contributed by atoms with van der Waals surface area (Å²) >= 11 is 0. The molecule has 1 rings (SSSR count). The highest BCUT2D eigenvalue weighted by atomic mass is 16.2. The molecule has 0 aliphatic rings. The lowest BCUT2D eigenvalue weighted by molar-refractivity contribution is -0.122. The Morgan fingerprint density at radius 1 is 1.50 bits per heavy atom. The molecule has 0 aliphatic carbocycles. The maximum atomic E-state index is 11.3.